The molecule has 0 fully saturated rings. The molecule has 46 valence electrons. The van der Waals surface area contributed by atoms with Crippen LogP contribution in [0.3, 0.4) is 0 Å². The maximum absolute atomic E-state index is 10.3. The molecule has 0 spiro atoms. The molecule has 4 heteroatoms. The van der Waals surface area contributed by atoms with E-state index in [0.29, 0.717) is 6.42 Å². The van der Waals surface area contributed by atoms with Crippen molar-refractivity contribution in [1.29, 1.82) is 0 Å². The summed E-state index contributed by atoms with van der Waals surface area (Å²) >= 11 is -2.12. The zero-order valence-electron chi connectivity index (χ0n) is 4.72. The van der Waals surface area contributed by atoms with Crippen LogP contribution in [-0.2, 0) is 10.9 Å². The summed E-state index contributed by atoms with van der Waals surface area (Å²) in [6.07, 6.45) is 1.16. The van der Waals surface area contributed by atoms with Gasteiger partial charge in [0.15, 0.2) is 0 Å². The second kappa shape index (κ2) is 5.21. The van der Waals surface area contributed by atoms with Gasteiger partial charge in [-0.25, -0.2) is 0 Å². The van der Waals surface area contributed by atoms with E-state index in [1.165, 1.54) is 0 Å². The average molecular weight is 223 g/mol. The van der Waals surface area contributed by atoms with Gasteiger partial charge in [-0.15, -0.1) is 0 Å². The van der Waals surface area contributed by atoms with Crippen LogP contribution >= 0.6 is 0 Å². The zero-order valence-corrected chi connectivity index (χ0v) is 8.01. The molecule has 0 aliphatic rings. The molecule has 0 radical (unpaired) electrons. The van der Waals surface area contributed by atoms with E-state index in [4.69, 9.17) is 0 Å². The van der Waals surface area contributed by atoms with Crippen molar-refractivity contribution in [3.8, 4) is 0 Å². The fourth-order valence-corrected chi connectivity index (χ4v) is 0.959. The van der Waals surface area contributed by atoms with Crippen LogP contribution < -0.4 is 0 Å². The van der Waals surface area contributed by atoms with Crippen LogP contribution in [0.4, 0.5) is 0 Å². The molecule has 3 nitrogen and oxygen atoms in total. The molecular formula is C4H8O3Sn. The average Bonchev–Trinajstić information content (AvgIpc) is 1.68. The van der Waals surface area contributed by atoms with Crippen LogP contribution in [0.5, 0.6) is 0 Å². The van der Waals surface area contributed by atoms with E-state index in [0.717, 1.165) is 6.42 Å². The van der Waals surface area contributed by atoms with Crippen LogP contribution in [0.1, 0.15) is 19.8 Å². The molecule has 0 heterocycles. The zero-order chi connectivity index (χ0) is 6.41. The van der Waals surface area contributed by atoms with Crippen LogP contribution in [-0.4, -0.2) is 27.5 Å². The summed E-state index contributed by atoms with van der Waals surface area (Å²) < 4.78 is 14.0. The third kappa shape index (κ3) is 4.23. The Balaban J connectivity index is 3.18. The molecule has 0 aliphatic heterocycles. The quantitative estimate of drug-likeness (QED) is 0.633. The van der Waals surface area contributed by atoms with Gasteiger partial charge in [0.05, 0.1) is 0 Å². The van der Waals surface area contributed by atoms with E-state index >= 15 is 0 Å². The molecular weight excluding hydrogens is 215 g/mol. The second-order valence-electron chi connectivity index (χ2n) is 1.34. The Morgan fingerprint density at radius 1 is 1.75 bits per heavy atom. The summed E-state index contributed by atoms with van der Waals surface area (Å²) in [5.74, 6) is -0.316. The van der Waals surface area contributed by atoms with Crippen molar-refractivity contribution in [2.75, 3.05) is 0 Å². The molecule has 0 bridgehead atoms. The monoisotopic (exact) mass is 224 g/mol. The summed E-state index contributed by atoms with van der Waals surface area (Å²) in [5, 5.41) is 0. The number of carbonyl (C=O) groups excluding carboxylic acids is 1. The van der Waals surface area contributed by atoms with Crippen LogP contribution in [0, 0.1) is 0 Å². The van der Waals surface area contributed by atoms with Crippen molar-refractivity contribution in [2.45, 2.75) is 19.8 Å². The minimum absolute atomic E-state index is 0.316. The topological polar surface area (TPSA) is 43.4 Å². The summed E-state index contributed by atoms with van der Waals surface area (Å²) in [6, 6.07) is 0. The first-order valence-corrected chi connectivity index (χ1v) is 5.13. The summed E-state index contributed by atoms with van der Waals surface area (Å²) in [5.41, 5.74) is 0. The van der Waals surface area contributed by atoms with E-state index in [2.05, 4.69) is 3.07 Å². The molecule has 0 rings (SSSR count). The standard InChI is InChI=1S/C4H8O2.O.Sn.H/c1-2-3-4(5)6;;;/h2-3H2,1H3,(H,5,6);;;/q;;+1;/p-1. The van der Waals surface area contributed by atoms with Gasteiger partial charge in [-0.1, -0.05) is 0 Å². The van der Waals surface area contributed by atoms with Gasteiger partial charge in [0.25, 0.3) is 0 Å². The Labute approximate surface area is 58.6 Å². The Bertz CT molecular complexity index is 91.3. The molecule has 0 unspecified atom stereocenters. The SMILES string of the molecule is CCCC(=O)[O][SnH]=[O]. The number of hydrogen-bond donors (Lipinski definition) is 0. The Morgan fingerprint density at radius 2 is 2.38 bits per heavy atom. The summed E-state index contributed by atoms with van der Waals surface area (Å²) in [7, 11) is 0. The van der Waals surface area contributed by atoms with Gasteiger partial charge in [-0.2, -0.15) is 0 Å². The summed E-state index contributed by atoms with van der Waals surface area (Å²) in [4.78, 5) is 10.3. The Hall–Kier alpha value is 0.0687. The first-order chi connectivity index (χ1) is 3.81. The molecule has 0 aliphatic carbocycles. The number of hydrogen-bond acceptors (Lipinski definition) is 3. The van der Waals surface area contributed by atoms with Crippen molar-refractivity contribution >= 4 is 27.5 Å². The fraction of sp³-hybridized carbons (Fsp3) is 0.750. The third-order valence-corrected chi connectivity index (χ3v) is 1.66. The molecule has 0 amide bonds. The van der Waals surface area contributed by atoms with Gasteiger partial charge in [0.1, 0.15) is 0 Å². The Kier molecular flexibility index (Phi) is 5.25. The first kappa shape index (κ1) is 8.07. The molecule has 0 aromatic rings. The van der Waals surface area contributed by atoms with E-state index in [1.807, 2.05) is 6.92 Å². The fourth-order valence-electron chi connectivity index (χ4n) is 0.317. The molecule has 0 saturated heterocycles. The van der Waals surface area contributed by atoms with Gasteiger partial charge in [0, 0.05) is 0 Å². The summed E-state index contributed by atoms with van der Waals surface area (Å²) in [6.45, 7) is 1.87. The van der Waals surface area contributed by atoms with Crippen LogP contribution in [0.25, 0.3) is 0 Å². The van der Waals surface area contributed by atoms with Crippen molar-refractivity contribution in [2.24, 2.45) is 0 Å². The number of rotatable bonds is 3. The van der Waals surface area contributed by atoms with Crippen molar-refractivity contribution in [3.63, 3.8) is 0 Å². The van der Waals surface area contributed by atoms with E-state index < -0.39 is 21.5 Å². The van der Waals surface area contributed by atoms with Crippen molar-refractivity contribution < 1.29 is 10.9 Å². The van der Waals surface area contributed by atoms with Gasteiger partial charge in [-0.05, 0) is 0 Å². The predicted octanol–water partition coefficient (Wildman–Crippen LogP) is 0.0267. The first-order valence-electron chi connectivity index (χ1n) is 2.44. The molecule has 0 N–H and O–H groups in total. The van der Waals surface area contributed by atoms with E-state index in [-0.39, 0.29) is 5.97 Å². The normalized spacial score (nSPS) is 8.12. The maximum atomic E-state index is 10.3. The predicted molar refractivity (Wildman–Crippen MR) is 28.8 cm³/mol. The van der Waals surface area contributed by atoms with E-state index in [1.54, 1.807) is 0 Å². The van der Waals surface area contributed by atoms with Crippen molar-refractivity contribution in [3.05, 3.63) is 0 Å². The van der Waals surface area contributed by atoms with E-state index in [9.17, 15) is 7.87 Å². The van der Waals surface area contributed by atoms with Crippen LogP contribution in [0.15, 0.2) is 0 Å². The minimum atomic E-state index is -2.12. The van der Waals surface area contributed by atoms with Gasteiger partial charge < -0.3 is 0 Å². The molecule has 8 heavy (non-hydrogen) atoms. The molecule has 0 saturated carbocycles. The van der Waals surface area contributed by atoms with Crippen molar-refractivity contribution in [1.82, 2.24) is 0 Å². The number of carbonyl (C=O) groups is 1. The Morgan fingerprint density at radius 3 is 2.75 bits per heavy atom. The molecule has 0 aromatic heterocycles. The van der Waals surface area contributed by atoms with Crippen LogP contribution in [0.2, 0.25) is 0 Å². The molecule has 0 atom stereocenters. The molecule has 0 aromatic carbocycles. The third-order valence-electron chi connectivity index (χ3n) is 0.634. The van der Waals surface area contributed by atoms with Gasteiger partial charge in [-0.3, -0.25) is 0 Å². The second-order valence-corrected chi connectivity index (χ2v) is 2.56. The van der Waals surface area contributed by atoms with Gasteiger partial charge in [0.2, 0.25) is 0 Å². The van der Waals surface area contributed by atoms with Gasteiger partial charge >= 0.3 is 58.2 Å².